The molecule has 0 bridgehead atoms. The Bertz CT molecular complexity index is 399. The second-order valence-corrected chi connectivity index (χ2v) is 5.10. The molecule has 0 saturated heterocycles. The van der Waals surface area contributed by atoms with Gasteiger partial charge in [-0.3, -0.25) is 0 Å². The maximum Gasteiger partial charge on any atom is 0.126 e. The Hall–Kier alpha value is -0.830. The SMILES string of the molecule is Cc1cc(NCCC2=CCCC2)ncc1Br. The fourth-order valence-corrected chi connectivity index (χ4v) is 2.17. The third-order valence-corrected chi connectivity index (χ3v) is 3.76. The molecule has 0 spiro atoms. The molecule has 86 valence electrons. The highest BCUT2D eigenvalue weighted by molar-refractivity contribution is 9.10. The lowest BCUT2D eigenvalue weighted by atomic mass is 10.2. The molecule has 0 saturated carbocycles. The minimum Gasteiger partial charge on any atom is -0.370 e. The molecule has 0 radical (unpaired) electrons. The molecule has 0 unspecified atom stereocenters. The predicted molar refractivity (Wildman–Crippen MR) is 71.7 cm³/mol. The van der Waals surface area contributed by atoms with Crippen molar-refractivity contribution in [1.29, 1.82) is 0 Å². The largest absolute Gasteiger partial charge is 0.370 e. The van der Waals surface area contributed by atoms with Gasteiger partial charge in [-0.25, -0.2) is 4.98 Å². The molecule has 1 aliphatic rings. The zero-order valence-electron chi connectivity index (χ0n) is 9.59. The maximum atomic E-state index is 4.33. The molecular formula is C13H17BrN2. The molecule has 0 fully saturated rings. The maximum absolute atomic E-state index is 4.33. The van der Waals surface area contributed by atoms with Gasteiger partial charge in [0.25, 0.3) is 0 Å². The van der Waals surface area contributed by atoms with Crippen molar-refractivity contribution in [2.75, 3.05) is 11.9 Å². The van der Waals surface area contributed by atoms with Crippen LogP contribution in [0.3, 0.4) is 0 Å². The fraction of sp³-hybridized carbons (Fsp3) is 0.462. The zero-order valence-corrected chi connectivity index (χ0v) is 11.2. The van der Waals surface area contributed by atoms with E-state index in [1.54, 1.807) is 5.57 Å². The summed E-state index contributed by atoms with van der Waals surface area (Å²) in [7, 11) is 0. The lowest BCUT2D eigenvalue weighted by Crippen LogP contribution is -2.04. The molecule has 2 rings (SSSR count). The first kappa shape index (κ1) is 11.6. The summed E-state index contributed by atoms with van der Waals surface area (Å²) in [6.07, 6.45) is 9.27. The molecule has 1 aromatic rings. The van der Waals surface area contributed by atoms with Gasteiger partial charge in [-0.1, -0.05) is 11.6 Å². The summed E-state index contributed by atoms with van der Waals surface area (Å²) in [4.78, 5) is 4.33. The molecule has 0 aliphatic heterocycles. The topological polar surface area (TPSA) is 24.9 Å². The van der Waals surface area contributed by atoms with E-state index < -0.39 is 0 Å². The number of halogens is 1. The average Bonchev–Trinajstić information content (AvgIpc) is 2.76. The Balaban J connectivity index is 1.82. The normalized spacial score (nSPS) is 15.0. The van der Waals surface area contributed by atoms with Gasteiger partial charge in [0.15, 0.2) is 0 Å². The van der Waals surface area contributed by atoms with Crippen LogP contribution in [0.2, 0.25) is 0 Å². The molecule has 1 aromatic heterocycles. The molecule has 0 aromatic carbocycles. The third kappa shape index (κ3) is 3.08. The number of rotatable bonds is 4. The van der Waals surface area contributed by atoms with E-state index >= 15 is 0 Å². The Morgan fingerprint density at radius 2 is 2.38 bits per heavy atom. The molecule has 3 heteroatoms. The first-order chi connectivity index (χ1) is 7.75. The van der Waals surface area contributed by atoms with Crippen LogP contribution in [0.15, 0.2) is 28.4 Å². The summed E-state index contributed by atoms with van der Waals surface area (Å²) in [6, 6.07) is 2.08. The highest BCUT2D eigenvalue weighted by atomic mass is 79.9. The lowest BCUT2D eigenvalue weighted by Gasteiger charge is -2.07. The standard InChI is InChI=1S/C13H17BrN2/c1-10-8-13(16-9-12(10)14)15-7-6-11-4-2-3-5-11/h4,8-9H,2-3,5-7H2,1H3,(H,15,16). The number of aromatic nitrogens is 1. The second-order valence-electron chi connectivity index (χ2n) is 4.25. The van der Waals surface area contributed by atoms with Crippen LogP contribution in [0.1, 0.15) is 31.2 Å². The molecule has 1 aliphatic carbocycles. The Labute approximate surface area is 105 Å². The van der Waals surface area contributed by atoms with Crippen LogP contribution in [0, 0.1) is 6.92 Å². The van der Waals surface area contributed by atoms with E-state index in [1.165, 1.54) is 24.8 Å². The van der Waals surface area contributed by atoms with Crippen LogP contribution in [-0.4, -0.2) is 11.5 Å². The molecular weight excluding hydrogens is 264 g/mol. The summed E-state index contributed by atoms with van der Waals surface area (Å²) in [5.74, 6) is 0.972. The summed E-state index contributed by atoms with van der Waals surface area (Å²) in [5, 5.41) is 3.37. The van der Waals surface area contributed by atoms with Crippen LogP contribution in [-0.2, 0) is 0 Å². The van der Waals surface area contributed by atoms with Crippen molar-refractivity contribution in [3.05, 3.63) is 33.9 Å². The van der Waals surface area contributed by atoms with E-state index in [-0.39, 0.29) is 0 Å². The molecule has 0 amide bonds. The van der Waals surface area contributed by atoms with E-state index in [0.717, 1.165) is 23.3 Å². The third-order valence-electron chi connectivity index (χ3n) is 2.93. The second kappa shape index (κ2) is 5.48. The van der Waals surface area contributed by atoms with Gasteiger partial charge in [0, 0.05) is 17.2 Å². The highest BCUT2D eigenvalue weighted by Crippen LogP contribution is 2.21. The van der Waals surface area contributed by atoms with Gasteiger partial charge in [0.2, 0.25) is 0 Å². The Kier molecular flexibility index (Phi) is 3.99. The average molecular weight is 281 g/mol. The van der Waals surface area contributed by atoms with Crippen molar-refractivity contribution in [3.63, 3.8) is 0 Å². The summed E-state index contributed by atoms with van der Waals surface area (Å²) >= 11 is 3.45. The van der Waals surface area contributed by atoms with Crippen molar-refractivity contribution in [3.8, 4) is 0 Å². The summed E-state index contributed by atoms with van der Waals surface area (Å²) in [6.45, 7) is 3.07. The fourth-order valence-electron chi connectivity index (χ4n) is 1.95. The van der Waals surface area contributed by atoms with Crippen molar-refractivity contribution >= 4 is 21.7 Å². The van der Waals surface area contributed by atoms with E-state index in [0.29, 0.717) is 0 Å². The number of nitrogens with zero attached hydrogens (tertiary/aromatic N) is 1. The van der Waals surface area contributed by atoms with Gasteiger partial charge in [0.05, 0.1) is 0 Å². The number of allylic oxidation sites excluding steroid dienone is 1. The van der Waals surface area contributed by atoms with Gasteiger partial charge < -0.3 is 5.32 Å². The molecule has 0 atom stereocenters. The summed E-state index contributed by atoms with van der Waals surface area (Å²) in [5.41, 5.74) is 2.82. The molecule has 2 nitrogen and oxygen atoms in total. The molecule has 1 N–H and O–H groups in total. The van der Waals surface area contributed by atoms with Gasteiger partial charge in [-0.15, -0.1) is 0 Å². The van der Waals surface area contributed by atoms with Crippen LogP contribution in [0.5, 0.6) is 0 Å². The van der Waals surface area contributed by atoms with Crippen LogP contribution in [0.25, 0.3) is 0 Å². The number of pyridine rings is 1. The van der Waals surface area contributed by atoms with Gasteiger partial charge >= 0.3 is 0 Å². The van der Waals surface area contributed by atoms with Crippen molar-refractivity contribution in [2.45, 2.75) is 32.6 Å². The molecule has 16 heavy (non-hydrogen) atoms. The predicted octanol–water partition coefficient (Wildman–Crippen LogP) is 4.06. The van der Waals surface area contributed by atoms with Crippen molar-refractivity contribution < 1.29 is 0 Å². The van der Waals surface area contributed by atoms with Gasteiger partial charge in [-0.05, 0) is 60.2 Å². The number of nitrogens with one attached hydrogen (secondary N) is 1. The number of hydrogen-bond acceptors (Lipinski definition) is 2. The first-order valence-corrected chi connectivity index (χ1v) is 6.59. The smallest absolute Gasteiger partial charge is 0.126 e. The van der Waals surface area contributed by atoms with Crippen LogP contribution in [0.4, 0.5) is 5.82 Å². The first-order valence-electron chi connectivity index (χ1n) is 5.79. The number of anilines is 1. The highest BCUT2D eigenvalue weighted by Gasteiger charge is 2.04. The van der Waals surface area contributed by atoms with Crippen LogP contribution >= 0.6 is 15.9 Å². The molecule has 1 heterocycles. The van der Waals surface area contributed by atoms with Gasteiger partial charge in [0.1, 0.15) is 5.82 Å². The van der Waals surface area contributed by atoms with E-state index in [1.807, 2.05) is 6.20 Å². The van der Waals surface area contributed by atoms with Gasteiger partial charge in [-0.2, -0.15) is 0 Å². The quantitative estimate of drug-likeness (QED) is 0.842. The van der Waals surface area contributed by atoms with Crippen LogP contribution < -0.4 is 5.32 Å². The lowest BCUT2D eigenvalue weighted by molar-refractivity contribution is 0.862. The minimum atomic E-state index is 0.972. The number of aryl methyl sites for hydroxylation is 1. The summed E-state index contributed by atoms with van der Waals surface area (Å²) < 4.78 is 1.07. The zero-order chi connectivity index (χ0) is 11.4. The van der Waals surface area contributed by atoms with Crippen molar-refractivity contribution in [2.24, 2.45) is 0 Å². The van der Waals surface area contributed by atoms with E-state index in [4.69, 9.17) is 0 Å². The van der Waals surface area contributed by atoms with E-state index in [2.05, 4.69) is 45.3 Å². The van der Waals surface area contributed by atoms with Crippen molar-refractivity contribution in [1.82, 2.24) is 4.98 Å². The van der Waals surface area contributed by atoms with E-state index in [9.17, 15) is 0 Å². The number of hydrogen-bond donors (Lipinski definition) is 1. The minimum absolute atomic E-state index is 0.972. The Morgan fingerprint density at radius 3 is 3.06 bits per heavy atom. The Morgan fingerprint density at radius 1 is 1.50 bits per heavy atom. The monoisotopic (exact) mass is 280 g/mol.